The average Bonchev–Trinajstić information content (AvgIpc) is 3.09. The van der Waals surface area contributed by atoms with Crippen molar-refractivity contribution in [3.05, 3.63) is 41.6 Å². The van der Waals surface area contributed by atoms with E-state index < -0.39 is 12.0 Å². The van der Waals surface area contributed by atoms with Crippen LogP contribution in [0.5, 0.6) is 11.6 Å². The molecule has 1 N–H and O–H groups in total. The number of nitrogens with one attached hydrogen (secondary N) is 1. The summed E-state index contributed by atoms with van der Waals surface area (Å²) in [5, 5.41) is 6.98. The van der Waals surface area contributed by atoms with Crippen LogP contribution in [0.2, 0.25) is 0 Å². The zero-order valence-corrected chi connectivity index (χ0v) is 16.1. The van der Waals surface area contributed by atoms with Crippen LogP contribution in [-0.4, -0.2) is 44.4 Å². The molecule has 0 spiro atoms. The molecule has 0 aliphatic carbocycles. The third-order valence-electron chi connectivity index (χ3n) is 5.22. The van der Waals surface area contributed by atoms with E-state index >= 15 is 0 Å². The summed E-state index contributed by atoms with van der Waals surface area (Å²) >= 11 is 0. The molecule has 3 aromatic rings. The Labute approximate surface area is 165 Å². The van der Waals surface area contributed by atoms with Crippen molar-refractivity contribution in [1.82, 2.24) is 24.9 Å². The number of carbonyl (C=O) groups is 1. The molecule has 10 heteroatoms. The first kappa shape index (κ1) is 17.7. The Balaban J connectivity index is 1.78. The largest absolute Gasteiger partial charge is 0.486 e. The van der Waals surface area contributed by atoms with Crippen LogP contribution in [0, 0.1) is 5.82 Å². The molecule has 29 heavy (non-hydrogen) atoms. The molecule has 0 unspecified atom stereocenters. The molecule has 0 aromatic carbocycles. The minimum absolute atomic E-state index is 0.0517. The van der Waals surface area contributed by atoms with Gasteiger partial charge in [-0.3, -0.25) is 4.79 Å². The summed E-state index contributed by atoms with van der Waals surface area (Å²) in [6.45, 7) is 6.04. The van der Waals surface area contributed by atoms with Crippen LogP contribution in [-0.2, 0) is 0 Å². The van der Waals surface area contributed by atoms with E-state index in [-0.39, 0.29) is 23.9 Å². The van der Waals surface area contributed by atoms with Gasteiger partial charge in [-0.25, -0.2) is 18.9 Å². The number of aromatic nitrogens is 4. The van der Waals surface area contributed by atoms with E-state index in [0.29, 0.717) is 34.9 Å². The van der Waals surface area contributed by atoms with E-state index in [0.717, 1.165) is 6.20 Å². The van der Waals surface area contributed by atoms with Gasteiger partial charge in [-0.05, 0) is 26.8 Å². The molecule has 2 aliphatic rings. The van der Waals surface area contributed by atoms with Crippen LogP contribution in [0.4, 0.5) is 10.2 Å². The lowest BCUT2D eigenvalue weighted by Gasteiger charge is -2.40. The quantitative estimate of drug-likeness (QED) is 0.620. The molecule has 1 amide bonds. The minimum Gasteiger partial charge on any atom is -0.486 e. The summed E-state index contributed by atoms with van der Waals surface area (Å²) in [6.07, 6.45) is 3.57. The average molecular weight is 398 g/mol. The van der Waals surface area contributed by atoms with Gasteiger partial charge in [0.05, 0.1) is 30.7 Å². The highest BCUT2D eigenvalue weighted by Crippen LogP contribution is 2.40. The van der Waals surface area contributed by atoms with Gasteiger partial charge in [0.2, 0.25) is 5.88 Å². The van der Waals surface area contributed by atoms with Crippen molar-refractivity contribution in [3.8, 4) is 11.6 Å². The summed E-state index contributed by atoms with van der Waals surface area (Å²) < 4.78 is 27.3. The predicted molar refractivity (Wildman–Crippen MR) is 101 cm³/mol. The first-order chi connectivity index (χ1) is 13.9. The Hall–Kier alpha value is -3.43. The number of anilines is 1. The zero-order chi connectivity index (χ0) is 20.3. The summed E-state index contributed by atoms with van der Waals surface area (Å²) in [7, 11) is 0. The Bertz CT molecular complexity index is 1130. The van der Waals surface area contributed by atoms with Gasteiger partial charge in [-0.2, -0.15) is 5.10 Å². The molecule has 0 radical (unpaired) electrons. The number of rotatable bonds is 0. The lowest BCUT2D eigenvalue weighted by atomic mass is 10.1. The van der Waals surface area contributed by atoms with Crippen LogP contribution in [0.15, 0.2) is 24.7 Å². The fraction of sp³-hybridized carbons (Fsp3) is 0.368. The number of amides is 1. The van der Waals surface area contributed by atoms with Crippen LogP contribution in [0.1, 0.15) is 42.7 Å². The molecule has 0 saturated heterocycles. The SMILES string of the molecule is C[C@@H]1COc2cn3ncc4c3nc2N1[C@@H](C)c1cc(F)cnc1O[C@@H](C)NC4=O. The number of ether oxygens (including phenoxy) is 2. The lowest BCUT2D eigenvalue weighted by molar-refractivity contribution is 0.0844. The summed E-state index contributed by atoms with van der Waals surface area (Å²) in [5.74, 6) is 0.500. The van der Waals surface area contributed by atoms with Crippen molar-refractivity contribution in [2.45, 2.75) is 39.1 Å². The van der Waals surface area contributed by atoms with Gasteiger partial charge < -0.3 is 19.7 Å². The highest BCUT2D eigenvalue weighted by Gasteiger charge is 2.34. The van der Waals surface area contributed by atoms with E-state index in [1.54, 1.807) is 13.1 Å². The Morgan fingerprint density at radius 3 is 2.93 bits per heavy atom. The second-order valence-corrected chi connectivity index (χ2v) is 7.28. The molecular weight excluding hydrogens is 379 g/mol. The van der Waals surface area contributed by atoms with Crippen LogP contribution >= 0.6 is 0 Å². The molecule has 5 rings (SSSR count). The first-order valence-electron chi connectivity index (χ1n) is 9.35. The molecule has 9 nitrogen and oxygen atoms in total. The molecule has 5 heterocycles. The number of carbonyl (C=O) groups excluding carboxylic acids is 1. The van der Waals surface area contributed by atoms with Crippen molar-refractivity contribution in [2.24, 2.45) is 0 Å². The van der Waals surface area contributed by atoms with Crippen LogP contribution in [0.3, 0.4) is 0 Å². The van der Waals surface area contributed by atoms with E-state index in [1.807, 2.05) is 18.7 Å². The summed E-state index contributed by atoms with van der Waals surface area (Å²) in [6, 6.07) is 1.04. The van der Waals surface area contributed by atoms with Crippen molar-refractivity contribution in [2.75, 3.05) is 11.5 Å². The number of pyridine rings is 1. The maximum Gasteiger partial charge on any atom is 0.259 e. The number of fused-ring (bicyclic) bond motifs is 1. The molecule has 3 aromatic heterocycles. The van der Waals surface area contributed by atoms with E-state index in [4.69, 9.17) is 14.5 Å². The lowest BCUT2D eigenvalue weighted by Crippen LogP contribution is -2.44. The number of nitrogens with zero attached hydrogens (tertiary/aromatic N) is 5. The first-order valence-corrected chi connectivity index (χ1v) is 9.35. The monoisotopic (exact) mass is 398 g/mol. The minimum atomic E-state index is -0.693. The summed E-state index contributed by atoms with van der Waals surface area (Å²) in [5.41, 5.74) is 1.28. The van der Waals surface area contributed by atoms with Gasteiger partial charge >= 0.3 is 0 Å². The third kappa shape index (κ3) is 2.74. The Morgan fingerprint density at radius 2 is 2.10 bits per heavy atom. The van der Waals surface area contributed by atoms with E-state index in [9.17, 15) is 9.18 Å². The highest BCUT2D eigenvalue weighted by molar-refractivity contribution is 6.00. The topological polar surface area (TPSA) is 93.9 Å². The van der Waals surface area contributed by atoms with Crippen LogP contribution < -0.4 is 19.7 Å². The Kier molecular flexibility index (Phi) is 3.83. The molecule has 0 saturated carbocycles. The fourth-order valence-corrected chi connectivity index (χ4v) is 3.85. The molecule has 150 valence electrons. The van der Waals surface area contributed by atoms with Crippen molar-refractivity contribution in [1.29, 1.82) is 0 Å². The van der Waals surface area contributed by atoms with E-state index in [1.165, 1.54) is 16.8 Å². The number of halogens is 1. The van der Waals surface area contributed by atoms with Gasteiger partial charge in [0.25, 0.3) is 5.91 Å². The van der Waals surface area contributed by atoms with Crippen LogP contribution in [0.25, 0.3) is 5.65 Å². The Morgan fingerprint density at radius 1 is 1.28 bits per heavy atom. The summed E-state index contributed by atoms with van der Waals surface area (Å²) in [4.78, 5) is 23.6. The second kappa shape index (κ2) is 6.29. The number of hydrogen-bond donors (Lipinski definition) is 1. The fourth-order valence-electron chi connectivity index (χ4n) is 3.85. The molecule has 0 fully saturated rings. The van der Waals surface area contributed by atoms with Gasteiger partial charge in [0.15, 0.2) is 23.4 Å². The molecule has 2 aliphatic heterocycles. The van der Waals surface area contributed by atoms with E-state index in [2.05, 4.69) is 15.4 Å². The zero-order valence-electron chi connectivity index (χ0n) is 16.1. The molecule has 2 bridgehead atoms. The highest BCUT2D eigenvalue weighted by atomic mass is 19.1. The van der Waals surface area contributed by atoms with Crippen molar-refractivity contribution >= 4 is 17.4 Å². The van der Waals surface area contributed by atoms with Crippen molar-refractivity contribution < 1.29 is 18.7 Å². The second-order valence-electron chi connectivity index (χ2n) is 7.28. The smallest absolute Gasteiger partial charge is 0.259 e. The van der Waals surface area contributed by atoms with Gasteiger partial charge in [-0.15, -0.1) is 0 Å². The molecular formula is C19H19FN6O3. The van der Waals surface area contributed by atoms with Gasteiger partial charge in [-0.1, -0.05) is 0 Å². The number of hydrogen-bond acceptors (Lipinski definition) is 7. The van der Waals surface area contributed by atoms with Gasteiger partial charge in [0, 0.05) is 5.56 Å². The normalized spacial score (nSPS) is 23.5. The molecule has 3 atom stereocenters. The maximum absolute atomic E-state index is 14.1. The standard InChI is InChI=1S/C19H19FN6O3/c1-9-8-28-15-7-25-16-14(6-22-25)18(27)23-11(3)29-19-13(4-12(20)5-21-19)10(2)26(9)17(15)24-16/h4-7,9-11H,8H2,1-3H3,(H,23,27)/t9-,10+,11+/m1/s1. The predicted octanol–water partition coefficient (Wildman–Crippen LogP) is 2.08. The van der Waals surface area contributed by atoms with Gasteiger partial charge in [0.1, 0.15) is 18.0 Å². The van der Waals surface area contributed by atoms with Crippen molar-refractivity contribution in [3.63, 3.8) is 0 Å². The third-order valence-corrected chi connectivity index (χ3v) is 5.22. The maximum atomic E-state index is 14.1.